The van der Waals surface area contributed by atoms with E-state index in [9.17, 15) is 31.0 Å². The first-order valence-electron chi connectivity index (χ1n) is 15.1. The number of phenols is 1. The number of para-hydroxylation sites is 1. The monoisotopic (exact) mass is 777 g/mol. The zero-order valence-electron chi connectivity index (χ0n) is 27.4. The van der Waals surface area contributed by atoms with Gasteiger partial charge >= 0.3 is 0 Å². The number of azo groups is 2. The first-order chi connectivity index (χ1) is 25.3. The number of aryl methyl sites for hydroxylation is 1. The summed E-state index contributed by atoms with van der Waals surface area (Å²) < 4.78 is 78.2. The fourth-order valence-electron chi connectivity index (χ4n) is 5.36. The highest BCUT2D eigenvalue weighted by Gasteiger charge is 2.22. The van der Waals surface area contributed by atoms with Crippen molar-refractivity contribution in [2.45, 2.75) is 21.6 Å². The van der Waals surface area contributed by atoms with Crippen LogP contribution in [0.5, 0.6) is 11.5 Å². The van der Waals surface area contributed by atoms with Gasteiger partial charge in [-0.15, -0.1) is 14.6 Å². The summed E-state index contributed by atoms with van der Waals surface area (Å²) in [6, 6.07) is 25.2. The standard InChI is InChI=1S/C34H27N5O11S3/c1-19-13-28(38-39-33-30(51-50-49-41)15-20-14-22(11-12-24(20)34(33)40)35-21-7-4-3-5-8-21)29(48-2)18-27(19)37-36-23-16-26-25(32(17-23)53(45,46)47)9-6-10-31(26)52(42,43)44/h3-18,35,40-41H,1-2H3,(H,42,43,44)(H,45,46,47). The number of rotatable bonds is 12. The van der Waals surface area contributed by atoms with Crippen molar-refractivity contribution in [1.82, 2.24) is 0 Å². The van der Waals surface area contributed by atoms with Gasteiger partial charge in [-0.2, -0.15) is 27.1 Å². The summed E-state index contributed by atoms with van der Waals surface area (Å²) in [5.74, 6) is -0.0698. The Labute approximate surface area is 306 Å². The molecule has 6 rings (SSSR count). The molecule has 0 saturated carbocycles. The number of ether oxygens (including phenoxy) is 1. The van der Waals surface area contributed by atoms with Gasteiger partial charge in [0.1, 0.15) is 26.9 Å². The molecule has 0 heterocycles. The first kappa shape index (κ1) is 37.3. The van der Waals surface area contributed by atoms with E-state index in [0.717, 1.165) is 23.5 Å². The Hall–Kier alpha value is -5.51. The molecule has 0 amide bonds. The summed E-state index contributed by atoms with van der Waals surface area (Å²) in [5.41, 5.74) is 2.37. The summed E-state index contributed by atoms with van der Waals surface area (Å²) >= 11 is 0.581. The van der Waals surface area contributed by atoms with Crippen molar-refractivity contribution in [3.05, 3.63) is 103 Å². The van der Waals surface area contributed by atoms with Gasteiger partial charge in [0.25, 0.3) is 20.2 Å². The Kier molecular flexibility index (Phi) is 10.7. The van der Waals surface area contributed by atoms with E-state index in [1.165, 1.54) is 31.4 Å². The zero-order valence-corrected chi connectivity index (χ0v) is 29.8. The van der Waals surface area contributed by atoms with Crippen LogP contribution < -0.4 is 10.1 Å². The number of phenolic OH excluding ortho intramolecular Hbond substituents is 1. The molecule has 0 atom stereocenters. The van der Waals surface area contributed by atoms with Gasteiger partial charge in [0.05, 0.1) is 35.4 Å². The fraction of sp³-hybridized carbons (Fsp3) is 0.0588. The van der Waals surface area contributed by atoms with E-state index in [1.807, 2.05) is 30.3 Å². The zero-order chi connectivity index (χ0) is 37.9. The third kappa shape index (κ3) is 8.27. The lowest BCUT2D eigenvalue weighted by molar-refractivity contribution is -0.432. The third-order valence-electron chi connectivity index (χ3n) is 7.75. The van der Waals surface area contributed by atoms with Gasteiger partial charge in [-0.1, -0.05) is 35.4 Å². The van der Waals surface area contributed by atoms with Crippen molar-refractivity contribution in [2.24, 2.45) is 20.5 Å². The third-order valence-corrected chi connectivity index (χ3v) is 10.2. The van der Waals surface area contributed by atoms with Crippen LogP contribution in [-0.4, -0.2) is 43.4 Å². The van der Waals surface area contributed by atoms with E-state index >= 15 is 0 Å². The number of hydrogen-bond acceptors (Lipinski definition) is 15. The molecule has 6 aromatic carbocycles. The molecule has 53 heavy (non-hydrogen) atoms. The molecule has 0 saturated heterocycles. The van der Waals surface area contributed by atoms with Crippen LogP contribution in [0.1, 0.15) is 5.56 Å². The molecule has 0 radical (unpaired) electrons. The van der Waals surface area contributed by atoms with E-state index in [0.29, 0.717) is 28.4 Å². The van der Waals surface area contributed by atoms with Crippen molar-refractivity contribution < 1.29 is 50.4 Å². The van der Waals surface area contributed by atoms with Crippen LogP contribution in [0.15, 0.2) is 132 Å². The Bertz CT molecular complexity index is 2660. The molecule has 16 nitrogen and oxygen atoms in total. The van der Waals surface area contributed by atoms with Crippen LogP contribution in [0, 0.1) is 6.92 Å². The number of anilines is 2. The lowest BCUT2D eigenvalue weighted by atomic mass is 10.1. The van der Waals surface area contributed by atoms with Crippen molar-refractivity contribution >= 4 is 87.9 Å². The molecule has 6 aromatic rings. The Morgan fingerprint density at radius 3 is 2.13 bits per heavy atom. The predicted molar refractivity (Wildman–Crippen MR) is 196 cm³/mol. The molecular weight excluding hydrogens is 751 g/mol. The van der Waals surface area contributed by atoms with Crippen molar-refractivity contribution in [3.63, 3.8) is 0 Å². The summed E-state index contributed by atoms with van der Waals surface area (Å²) in [6.07, 6.45) is 0. The SMILES string of the molecule is COc1cc(N=Nc2cc(S(=O)(=O)O)c3cccc(S(=O)(=O)O)c3c2)c(C)cc1N=Nc1c(SOOO)cc2cc(Nc3ccccc3)ccc2c1O. The normalized spacial score (nSPS) is 12.3. The predicted octanol–water partition coefficient (Wildman–Crippen LogP) is 9.51. The summed E-state index contributed by atoms with van der Waals surface area (Å²) in [5, 5.41) is 44.7. The summed E-state index contributed by atoms with van der Waals surface area (Å²) in [6.45, 7) is 1.66. The van der Waals surface area contributed by atoms with Gasteiger partial charge in [-0.25, -0.2) is 5.26 Å². The number of hydrogen-bond donors (Lipinski definition) is 5. The van der Waals surface area contributed by atoms with Gasteiger partial charge in [0.2, 0.25) is 0 Å². The van der Waals surface area contributed by atoms with Gasteiger partial charge < -0.3 is 15.2 Å². The second-order valence-electron chi connectivity index (χ2n) is 11.2. The smallest absolute Gasteiger partial charge is 0.295 e. The van der Waals surface area contributed by atoms with Crippen molar-refractivity contribution in [1.29, 1.82) is 0 Å². The molecule has 272 valence electrons. The maximum Gasteiger partial charge on any atom is 0.295 e. The minimum Gasteiger partial charge on any atom is -0.505 e. The summed E-state index contributed by atoms with van der Waals surface area (Å²) in [7, 11) is -8.28. The quantitative estimate of drug-likeness (QED) is 0.0256. The number of methoxy groups -OCH3 is 1. The van der Waals surface area contributed by atoms with Crippen molar-refractivity contribution in [2.75, 3.05) is 12.4 Å². The summed E-state index contributed by atoms with van der Waals surface area (Å²) in [4.78, 5) is -0.999. The van der Waals surface area contributed by atoms with Crippen LogP contribution in [0.3, 0.4) is 0 Å². The molecule has 19 heteroatoms. The van der Waals surface area contributed by atoms with Crippen LogP contribution in [-0.2, 0) is 29.6 Å². The fourth-order valence-corrected chi connectivity index (χ4v) is 7.28. The maximum absolute atomic E-state index is 12.2. The molecular formula is C34H27N5O11S3. The van der Waals surface area contributed by atoms with E-state index < -0.39 is 30.0 Å². The van der Waals surface area contributed by atoms with E-state index in [1.54, 1.807) is 37.3 Å². The first-order valence-corrected chi connectivity index (χ1v) is 18.7. The van der Waals surface area contributed by atoms with E-state index in [2.05, 4.69) is 35.1 Å². The average Bonchev–Trinajstić information content (AvgIpc) is 3.12. The molecule has 0 bridgehead atoms. The molecule has 0 aliphatic heterocycles. The number of aromatic hydroxyl groups is 1. The Balaban J connectivity index is 1.36. The van der Waals surface area contributed by atoms with Crippen LogP contribution in [0.2, 0.25) is 0 Å². The molecule has 0 aliphatic carbocycles. The highest BCUT2D eigenvalue weighted by Crippen LogP contribution is 2.46. The minimum atomic E-state index is -4.86. The van der Waals surface area contributed by atoms with E-state index in [4.69, 9.17) is 9.99 Å². The van der Waals surface area contributed by atoms with E-state index in [-0.39, 0.29) is 49.9 Å². The number of nitrogens with one attached hydrogen (secondary N) is 1. The van der Waals surface area contributed by atoms with Gasteiger partial charge in [-0.3, -0.25) is 9.11 Å². The topological polar surface area (TPSA) is 238 Å². The Morgan fingerprint density at radius 1 is 0.698 bits per heavy atom. The molecule has 5 N–H and O–H groups in total. The Morgan fingerprint density at radius 2 is 1.43 bits per heavy atom. The molecule has 0 aliphatic rings. The maximum atomic E-state index is 12.2. The van der Waals surface area contributed by atoms with Gasteiger partial charge in [0.15, 0.2) is 5.75 Å². The van der Waals surface area contributed by atoms with Crippen molar-refractivity contribution in [3.8, 4) is 11.5 Å². The number of nitrogens with zero attached hydrogens (tertiary/aromatic N) is 4. The largest absolute Gasteiger partial charge is 0.505 e. The van der Waals surface area contributed by atoms with Crippen LogP contribution in [0.4, 0.5) is 34.1 Å². The van der Waals surface area contributed by atoms with Crippen LogP contribution >= 0.6 is 12.0 Å². The van der Waals surface area contributed by atoms with Crippen LogP contribution in [0.25, 0.3) is 21.5 Å². The highest BCUT2D eigenvalue weighted by molar-refractivity contribution is 7.94. The number of fused-ring (bicyclic) bond motifs is 2. The molecule has 0 spiro atoms. The highest BCUT2D eigenvalue weighted by atomic mass is 32.2. The second-order valence-corrected chi connectivity index (χ2v) is 14.7. The van der Waals surface area contributed by atoms with Gasteiger partial charge in [0, 0.05) is 33.6 Å². The molecule has 0 aromatic heterocycles. The average molecular weight is 778 g/mol. The number of benzene rings is 6. The van der Waals surface area contributed by atoms with Gasteiger partial charge in [-0.05, 0) is 78.5 Å². The lowest BCUT2D eigenvalue weighted by Gasteiger charge is -2.12. The molecule has 0 unspecified atom stereocenters. The lowest BCUT2D eigenvalue weighted by Crippen LogP contribution is -2.03. The minimum absolute atomic E-state index is 0.0120. The molecule has 0 fully saturated rings. The second kappa shape index (κ2) is 15.2.